The predicted molar refractivity (Wildman–Crippen MR) is 48.2 cm³/mol. The summed E-state index contributed by atoms with van der Waals surface area (Å²) >= 11 is 5.86. The van der Waals surface area contributed by atoms with E-state index in [1.807, 2.05) is 19.1 Å². The molecule has 0 aliphatic carbocycles. The first-order valence-corrected chi connectivity index (χ1v) is 3.74. The van der Waals surface area contributed by atoms with Crippen LogP contribution in [-0.2, 0) is 0 Å². The van der Waals surface area contributed by atoms with E-state index in [1.165, 1.54) is 5.57 Å². The van der Waals surface area contributed by atoms with Crippen molar-refractivity contribution in [2.24, 2.45) is 0 Å². The van der Waals surface area contributed by atoms with Gasteiger partial charge in [0.15, 0.2) is 0 Å². The normalized spacial score (nSPS) is 13.5. The molecular formula is C9H13Cl. The molecule has 0 saturated carbocycles. The zero-order valence-corrected chi connectivity index (χ0v) is 7.28. The van der Waals surface area contributed by atoms with Crippen LogP contribution in [0.25, 0.3) is 0 Å². The Morgan fingerprint density at radius 2 is 2.20 bits per heavy atom. The van der Waals surface area contributed by atoms with Crippen LogP contribution in [0.1, 0.15) is 20.3 Å². The van der Waals surface area contributed by atoms with E-state index < -0.39 is 0 Å². The molecule has 0 aromatic heterocycles. The van der Waals surface area contributed by atoms with Crippen LogP contribution in [0.15, 0.2) is 35.4 Å². The molecule has 0 radical (unpaired) electrons. The highest BCUT2D eigenvalue weighted by molar-refractivity contribution is 6.31. The lowest BCUT2D eigenvalue weighted by atomic mass is 10.2. The van der Waals surface area contributed by atoms with Gasteiger partial charge in [0.05, 0.1) is 0 Å². The summed E-state index contributed by atoms with van der Waals surface area (Å²) in [5.41, 5.74) is 1.21. The van der Waals surface area contributed by atoms with Crippen LogP contribution in [0.2, 0.25) is 0 Å². The minimum atomic E-state index is 0.822. The third kappa shape index (κ3) is 3.52. The first-order valence-electron chi connectivity index (χ1n) is 3.36. The van der Waals surface area contributed by atoms with E-state index in [4.69, 9.17) is 11.6 Å². The molecule has 0 bridgehead atoms. The van der Waals surface area contributed by atoms with Crippen LogP contribution in [0.4, 0.5) is 0 Å². The maximum atomic E-state index is 5.86. The van der Waals surface area contributed by atoms with Crippen molar-refractivity contribution < 1.29 is 0 Å². The summed E-state index contributed by atoms with van der Waals surface area (Å²) in [6, 6.07) is 0. The Balaban J connectivity index is 4.17. The first-order chi connectivity index (χ1) is 4.72. The molecule has 0 aliphatic heterocycles. The molecule has 0 aromatic carbocycles. The fourth-order valence-electron chi connectivity index (χ4n) is 0.464. The molecule has 0 aliphatic rings. The SMILES string of the molecule is C=C/C=C\C(Cl)=C(\C)CC. The second-order valence-electron chi connectivity index (χ2n) is 2.08. The molecular weight excluding hydrogens is 144 g/mol. The molecule has 56 valence electrons. The van der Waals surface area contributed by atoms with E-state index in [1.54, 1.807) is 6.08 Å². The number of allylic oxidation sites excluding steroid dienone is 5. The van der Waals surface area contributed by atoms with Gasteiger partial charge in [-0.3, -0.25) is 0 Å². The largest absolute Gasteiger partial charge is 0.0991 e. The second kappa shape index (κ2) is 5.31. The molecule has 0 spiro atoms. The number of halogens is 1. The first kappa shape index (κ1) is 9.51. The topological polar surface area (TPSA) is 0 Å². The summed E-state index contributed by atoms with van der Waals surface area (Å²) in [6.45, 7) is 7.66. The average Bonchev–Trinajstić information content (AvgIpc) is 1.98. The molecule has 0 unspecified atom stereocenters. The van der Waals surface area contributed by atoms with E-state index in [9.17, 15) is 0 Å². The zero-order valence-electron chi connectivity index (χ0n) is 6.52. The van der Waals surface area contributed by atoms with Crippen molar-refractivity contribution in [3.05, 3.63) is 35.4 Å². The highest BCUT2D eigenvalue weighted by Crippen LogP contribution is 2.12. The van der Waals surface area contributed by atoms with Crippen LogP contribution in [-0.4, -0.2) is 0 Å². The number of hydrogen-bond acceptors (Lipinski definition) is 0. The Morgan fingerprint density at radius 1 is 1.60 bits per heavy atom. The van der Waals surface area contributed by atoms with Gasteiger partial charge in [-0.05, 0) is 19.4 Å². The lowest BCUT2D eigenvalue weighted by Crippen LogP contribution is -1.73. The van der Waals surface area contributed by atoms with E-state index in [2.05, 4.69) is 13.5 Å². The Bertz CT molecular complexity index is 164. The quantitative estimate of drug-likeness (QED) is 0.548. The minimum Gasteiger partial charge on any atom is -0.0991 e. The summed E-state index contributed by atoms with van der Waals surface area (Å²) in [7, 11) is 0. The van der Waals surface area contributed by atoms with Gasteiger partial charge in [0.2, 0.25) is 0 Å². The molecule has 10 heavy (non-hydrogen) atoms. The molecule has 0 atom stereocenters. The molecule has 0 rings (SSSR count). The van der Waals surface area contributed by atoms with Gasteiger partial charge in [0, 0.05) is 5.03 Å². The lowest BCUT2D eigenvalue weighted by Gasteiger charge is -1.94. The molecule has 0 amide bonds. The van der Waals surface area contributed by atoms with E-state index >= 15 is 0 Å². The van der Waals surface area contributed by atoms with Crippen molar-refractivity contribution in [3.8, 4) is 0 Å². The highest BCUT2D eigenvalue weighted by atomic mass is 35.5. The monoisotopic (exact) mass is 156 g/mol. The van der Waals surface area contributed by atoms with Crippen molar-refractivity contribution in [2.75, 3.05) is 0 Å². The van der Waals surface area contributed by atoms with Crippen LogP contribution < -0.4 is 0 Å². The van der Waals surface area contributed by atoms with Gasteiger partial charge in [-0.15, -0.1) is 0 Å². The fraction of sp³-hybridized carbons (Fsp3) is 0.333. The summed E-state index contributed by atoms with van der Waals surface area (Å²) in [5, 5.41) is 0.822. The van der Waals surface area contributed by atoms with Gasteiger partial charge in [-0.1, -0.05) is 42.8 Å². The van der Waals surface area contributed by atoms with Crippen molar-refractivity contribution in [1.29, 1.82) is 0 Å². The lowest BCUT2D eigenvalue weighted by molar-refractivity contribution is 1.09. The van der Waals surface area contributed by atoms with Gasteiger partial charge in [-0.2, -0.15) is 0 Å². The minimum absolute atomic E-state index is 0.822. The summed E-state index contributed by atoms with van der Waals surface area (Å²) in [5.74, 6) is 0. The van der Waals surface area contributed by atoms with Gasteiger partial charge >= 0.3 is 0 Å². The third-order valence-corrected chi connectivity index (χ3v) is 1.77. The van der Waals surface area contributed by atoms with E-state index in [0.29, 0.717) is 0 Å². The second-order valence-corrected chi connectivity index (χ2v) is 2.48. The fourth-order valence-corrected chi connectivity index (χ4v) is 0.670. The van der Waals surface area contributed by atoms with Crippen LogP contribution >= 0.6 is 11.6 Å². The van der Waals surface area contributed by atoms with Crippen molar-refractivity contribution in [3.63, 3.8) is 0 Å². The van der Waals surface area contributed by atoms with Gasteiger partial charge in [-0.25, -0.2) is 0 Å². The molecule has 0 N–H and O–H groups in total. The maximum Gasteiger partial charge on any atom is 0.0395 e. The molecule has 1 heteroatoms. The average molecular weight is 157 g/mol. The van der Waals surface area contributed by atoms with Crippen LogP contribution in [0, 0.1) is 0 Å². The van der Waals surface area contributed by atoms with E-state index in [-0.39, 0.29) is 0 Å². The Kier molecular flexibility index (Phi) is 5.05. The molecule has 0 saturated heterocycles. The van der Waals surface area contributed by atoms with Crippen molar-refractivity contribution in [1.82, 2.24) is 0 Å². The highest BCUT2D eigenvalue weighted by Gasteiger charge is 1.89. The van der Waals surface area contributed by atoms with Crippen molar-refractivity contribution >= 4 is 11.6 Å². The molecule has 0 aromatic rings. The van der Waals surface area contributed by atoms with Gasteiger partial charge < -0.3 is 0 Å². The van der Waals surface area contributed by atoms with Crippen LogP contribution in [0.5, 0.6) is 0 Å². The third-order valence-electron chi connectivity index (χ3n) is 1.32. The maximum absolute atomic E-state index is 5.86. The predicted octanol–water partition coefficient (Wildman–Crippen LogP) is 3.65. The Hall–Kier alpha value is -0.490. The van der Waals surface area contributed by atoms with Gasteiger partial charge in [0.1, 0.15) is 0 Å². The number of hydrogen-bond donors (Lipinski definition) is 0. The van der Waals surface area contributed by atoms with E-state index in [0.717, 1.165) is 11.5 Å². The standard InChI is InChI=1S/C9H13Cl/c1-4-6-7-9(10)8(3)5-2/h4,6-7H,1,5H2,2-3H3/b7-6-,9-8+. The summed E-state index contributed by atoms with van der Waals surface area (Å²) in [6.07, 6.45) is 6.40. The summed E-state index contributed by atoms with van der Waals surface area (Å²) in [4.78, 5) is 0. The van der Waals surface area contributed by atoms with Crippen LogP contribution in [0.3, 0.4) is 0 Å². The Morgan fingerprint density at radius 3 is 2.60 bits per heavy atom. The van der Waals surface area contributed by atoms with Crippen molar-refractivity contribution in [2.45, 2.75) is 20.3 Å². The molecule has 0 fully saturated rings. The number of rotatable bonds is 3. The van der Waals surface area contributed by atoms with Gasteiger partial charge in [0.25, 0.3) is 0 Å². The Labute approximate surface area is 67.9 Å². The summed E-state index contributed by atoms with van der Waals surface area (Å²) < 4.78 is 0. The zero-order chi connectivity index (χ0) is 7.98. The molecule has 0 nitrogen and oxygen atoms in total. The molecule has 0 heterocycles. The smallest absolute Gasteiger partial charge is 0.0395 e.